The highest BCUT2D eigenvalue weighted by atomic mass is 31.2. The molecule has 0 saturated carbocycles. The number of hydrogen-bond donors (Lipinski definition) is 1. The molecule has 0 rings (SSSR count). The standard InChI is InChI=1S/C25H50NO8P/c1-5-6-7-8-9-10-11-12-13-14-15-16-17-18-24(27)32-21-23(25(28)29)22-34-35(30,31)33-20-19-26(2,3)4/h23H,5-22H2,1-4H3,(H-,28,29,30,31). The minimum absolute atomic E-state index is 0.0733. The van der Waals surface area contributed by atoms with Crippen LogP contribution in [0.2, 0.25) is 0 Å². The summed E-state index contributed by atoms with van der Waals surface area (Å²) in [4.78, 5) is 35.1. The molecule has 0 bridgehead atoms. The van der Waals surface area contributed by atoms with Gasteiger partial charge in [-0.05, 0) is 6.42 Å². The van der Waals surface area contributed by atoms with Gasteiger partial charge in [0.05, 0.1) is 27.7 Å². The van der Waals surface area contributed by atoms with E-state index in [0.717, 1.165) is 19.3 Å². The number of nitrogens with zero attached hydrogens (tertiary/aromatic N) is 1. The second-order valence-electron chi connectivity index (χ2n) is 10.3. The van der Waals surface area contributed by atoms with Crippen molar-refractivity contribution in [3.63, 3.8) is 0 Å². The van der Waals surface area contributed by atoms with Gasteiger partial charge in [-0.2, -0.15) is 0 Å². The SMILES string of the molecule is CCCCCCCCCCCCCCCC(=O)OCC(COP(=O)([O-])OCC[N+](C)(C)C)C(=O)O. The topological polar surface area (TPSA) is 122 Å². The number of ether oxygens (including phenoxy) is 1. The number of phosphoric ester groups is 1. The summed E-state index contributed by atoms with van der Waals surface area (Å²) >= 11 is 0. The van der Waals surface area contributed by atoms with Crippen LogP contribution < -0.4 is 4.89 Å². The van der Waals surface area contributed by atoms with Crippen LogP contribution in [0.3, 0.4) is 0 Å². The zero-order valence-corrected chi connectivity index (χ0v) is 23.4. The Bertz CT molecular complexity index is 609. The van der Waals surface area contributed by atoms with Gasteiger partial charge in [0.2, 0.25) is 0 Å². The van der Waals surface area contributed by atoms with Gasteiger partial charge in [0.1, 0.15) is 25.7 Å². The molecule has 0 heterocycles. The van der Waals surface area contributed by atoms with Crippen LogP contribution in [0.5, 0.6) is 0 Å². The molecule has 2 atom stereocenters. The Hall–Kier alpha value is -0.990. The van der Waals surface area contributed by atoms with Crippen LogP contribution >= 0.6 is 7.82 Å². The summed E-state index contributed by atoms with van der Waals surface area (Å²) in [5.41, 5.74) is 0. The lowest BCUT2D eigenvalue weighted by molar-refractivity contribution is -0.870. The van der Waals surface area contributed by atoms with Gasteiger partial charge in [-0.25, -0.2) is 0 Å². The number of phosphoric acid groups is 1. The molecule has 0 spiro atoms. The first kappa shape index (κ1) is 34.0. The van der Waals surface area contributed by atoms with Gasteiger partial charge < -0.3 is 28.3 Å². The molecular weight excluding hydrogens is 473 g/mol. The number of unbranched alkanes of at least 4 members (excludes halogenated alkanes) is 12. The van der Waals surface area contributed by atoms with Crippen molar-refractivity contribution in [2.75, 3.05) is 47.5 Å². The van der Waals surface area contributed by atoms with E-state index < -0.39 is 38.9 Å². The number of esters is 1. The number of carbonyl (C=O) groups excluding carboxylic acids is 1. The molecule has 10 heteroatoms. The summed E-state index contributed by atoms with van der Waals surface area (Å²) < 4.78 is 26.8. The summed E-state index contributed by atoms with van der Waals surface area (Å²) in [5, 5.41) is 9.26. The molecule has 9 nitrogen and oxygen atoms in total. The predicted molar refractivity (Wildman–Crippen MR) is 135 cm³/mol. The normalized spacial score (nSPS) is 14.4. The minimum Gasteiger partial charge on any atom is -0.756 e. The number of carboxylic acids is 1. The predicted octanol–water partition coefficient (Wildman–Crippen LogP) is 4.92. The fraction of sp³-hybridized carbons (Fsp3) is 0.920. The summed E-state index contributed by atoms with van der Waals surface area (Å²) in [6, 6.07) is 0. The molecule has 0 aromatic carbocycles. The van der Waals surface area contributed by atoms with Crippen LogP contribution in [0.15, 0.2) is 0 Å². The van der Waals surface area contributed by atoms with Gasteiger partial charge in [0.25, 0.3) is 7.82 Å². The van der Waals surface area contributed by atoms with Gasteiger partial charge in [0, 0.05) is 6.42 Å². The summed E-state index contributed by atoms with van der Waals surface area (Å²) in [7, 11) is 1.02. The molecule has 0 aromatic heterocycles. The zero-order chi connectivity index (χ0) is 26.6. The maximum Gasteiger partial charge on any atom is 0.312 e. The Morgan fingerprint density at radius 3 is 1.77 bits per heavy atom. The summed E-state index contributed by atoms with van der Waals surface area (Å²) in [6.45, 7) is 1.51. The van der Waals surface area contributed by atoms with E-state index in [0.29, 0.717) is 17.4 Å². The molecular formula is C25H50NO8P. The van der Waals surface area contributed by atoms with Crippen molar-refractivity contribution in [3.05, 3.63) is 0 Å². The van der Waals surface area contributed by atoms with Crippen molar-refractivity contribution < 1.29 is 42.4 Å². The lowest BCUT2D eigenvalue weighted by Gasteiger charge is -2.27. The molecule has 2 unspecified atom stereocenters. The maximum atomic E-state index is 11.9. The lowest BCUT2D eigenvalue weighted by Crippen LogP contribution is -2.37. The molecule has 0 radical (unpaired) electrons. The zero-order valence-electron chi connectivity index (χ0n) is 22.5. The first-order chi connectivity index (χ1) is 16.5. The first-order valence-electron chi connectivity index (χ1n) is 13.3. The van der Waals surface area contributed by atoms with Gasteiger partial charge in [0.15, 0.2) is 0 Å². The molecule has 0 aliphatic carbocycles. The van der Waals surface area contributed by atoms with E-state index in [2.05, 4.69) is 11.4 Å². The van der Waals surface area contributed by atoms with Crippen molar-refractivity contribution in [2.24, 2.45) is 5.92 Å². The number of quaternary nitrogens is 1. The van der Waals surface area contributed by atoms with Crippen molar-refractivity contribution in [1.29, 1.82) is 0 Å². The number of likely N-dealkylation sites (N-methyl/N-ethyl adjacent to an activating group) is 1. The number of carbonyl (C=O) groups is 2. The van der Waals surface area contributed by atoms with Crippen LogP contribution in [-0.2, 0) is 27.9 Å². The minimum atomic E-state index is -4.63. The van der Waals surface area contributed by atoms with Gasteiger partial charge >= 0.3 is 11.9 Å². The molecule has 35 heavy (non-hydrogen) atoms. The Balaban J connectivity index is 3.86. The van der Waals surface area contributed by atoms with Crippen LogP contribution in [0.4, 0.5) is 0 Å². The number of aliphatic carboxylic acids is 1. The van der Waals surface area contributed by atoms with E-state index in [9.17, 15) is 24.2 Å². The lowest BCUT2D eigenvalue weighted by atomic mass is 10.0. The average Bonchev–Trinajstić information content (AvgIpc) is 2.75. The number of carboxylic acid groups (broad SMARTS) is 1. The molecule has 1 N–H and O–H groups in total. The average molecular weight is 524 g/mol. The third kappa shape index (κ3) is 23.2. The second kappa shape index (κ2) is 20.1. The van der Waals surface area contributed by atoms with Crippen molar-refractivity contribution in [3.8, 4) is 0 Å². The Morgan fingerprint density at radius 1 is 0.829 bits per heavy atom. The summed E-state index contributed by atoms with van der Waals surface area (Å²) in [5.74, 6) is -3.07. The second-order valence-corrected chi connectivity index (χ2v) is 11.7. The molecule has 208 valence electrons. The van der Waals surface area contributed by atoms with E-state index in [1.54, 1.807) is 0 Å². The fourth-order valence-electron chi connectivity index (χ4n) is 3.39. The van der Waals surface area contributed by atoms with E-state index in [-0.39, 0.29) is 13.0 Å². The van der Waals surface area contributed by atoms with Crippen molar-refractivity contribution in [1.82, 2.24) is 0 Å². The third-order valence-corrected chi connectivity index (χ3v) is 6.69. The largest absolute Gasteiger partial charge is 0.756 e. The van der Waals surface area contributed by atoms with E-state index in [4.69, 9.17) is 9.26 Å². The van der Waals surface area contributed by atoms with E-state index in [1.165, 1.54) is 57.8 Å². The Labute approximate surface area is 212 Å². The molecule has 0 aliphatic heterocycles. The van der Waals surface area contributed by atoms with Crippen LogP contribution in [0.1, 0.15) is 96.8 Å². The highest BCUT2D eigenvalue weighted by Gasteiger charge is 2.23. The van der Waals surface area contributed by atoms with Gasteiger partial charge in [-0.1, -0.05) is 84.0 Å². The monoisotopic (exact) mass is 523 g/mol. The number of hydrogen-bond acceptors (Lipinski definition) is 7. The third-order valence-electron chi connectivity index (χ3n) is 5.72. The van der Waals surface area contributed by atoms with Crippen molar-refractivity contribution in [2.45, 2.75) is 96.8 Å². The van der Waals surface area contributed by atoms with E-state index in [1.807, 2.05) is 21.1 Å². The Kier molecular flexibility index (Phi) is 19.5. The molecule has 0 aromatic rings. The first-order valence-corrected chi connectivity index (χ1v) is 14.7. The molecule has 0 aliphatic rings. The maximum absolute atomic E-state index is 11.9. The van der Waals surface area contributed by atoms with Crippen LogP contribution in [-0.4, -0.2) is 69.0 Å². The van der Waals surface area contributed by atoms with Crippen molar-refractivity contribution >= 4 is 19.8 Å². The molecule has 0 saturated heterocycles. The van der Waals surface area contributed by atoms with Gasteiger partial charge in [-0.15, -0.1) is 0 Å². The van der Waals surface area contributed by atoms with Crippen LogP contribution in [0, 0.1) is 5.92 Å². The number of rotatable bonds is 24. The quantitative estimate of drug-likeness (QED) is 0.0819. The Morgan fingerprint density at radius 2 is 1.31 bits per heavy atom. The van der Waals surface area contributed by atoms with E-state index >= 15 is 0 Å². The highest BCUT2D eigenvalue weighted by Crippen LogP contribution is 2.38. The fourth-order valence-corrected chi connectivity index (χ4v) is 4.13. The van der Waals surface area contributed by atoms with Crippen LogP contribution in [0.25, 0.3) is 0 Å². The molecule has 0 fully saturated rings. The highest BCUT2D eigenvalue weighted by molar-refractivity contribution is 7.45. The molecule has 0 amide bonds. The summed E-state index contributed by atoms with van der Waals surface area (Å²) in [6.07, 6.45) is 15.9. The van der Waals surface area contributed by atoms with Gasteiger partial charge in [-0.3, -0.25) is 14.2 Å². The smallest absolute Gasteiger partial charge is 0.312 e.